The summed E-state index contributed by atoms with van der Waals surface area (Å²) in [6, 6.07) is 0. The first-order valence-electron chi connectivity index (χ1n) is 21.6. The van der Waals surface area contributed by atoms with Gasteiger partial charge in [0.25, 0.3) is 0 Å². The van der Waals surface area contributed by atoms with Gasteiger partial charge in [-0.3, -0.25) is 13.8 Å². The van der Waals surface area contributed by atoms with Crippen LogP contribution in [-0.2, 0) is 27.9 Å². The zero-order chi connectivity index (χ0) is 38.4. The second-order valence-electron chi connectivity index (χ2n) is 15.7. The molecule has 0 fully saturated rings. The maximum Gasteiger partial charge on any atom is 0.472 e. The summed E-state index contributed by atoms with van der Waals surface area (Å²) in [5.74, 6) is -0.323. The van der Waals surface area contributed by atoms with E-state index in [1.807, 2.05) is 21.1 Å². The molecule has 9 heteroatoms. The zero-order valence-corrected chi connectivity index (χ0v) is 35.7. The molecule has 0 rings (SSSR count). The SMILES string of the molecule is CCCCCCC/C=C\C/C=C\CCCCCCCCCCCCCCOCC(COP(=O)(O)OCC[N+](C)(C)C)OC(=O)CCCCCCCC. The molecule has 2 atom stereocenters. The van der Waals surface area contributed by atoms with E-state index in [9.17, 15) is 14.3 Å². The van der Waals surface area contributed by atoms with Gasteiger partial charge in [0.15, 0.2) is 0 Å². The molecule has 308 valence electrons. The van der Waals surface area contributed by atoms with Crippen molar-refractivity contribution in [2.24, 2.45) is 0 Å². The van der Waals surface area contributed by atoms with Crippen LogP contribution in [0.25, 0.3) is 0 Å². The predicted molar refractivity (Wildman–Crippen MR) is 220 cm³/mol. The summed E-state index contributed by atoms with van der Waals surface area (Å²) in [6.45, 7) is 5.56. The summed E-state index contributed by atoms with van der Waals surface area (Å²) in [6.07, 6.45) is 41.0. The molecule has 1 N–H and O–H groups in total. The first-order valence-corrected chi connectivity index (χ1v) is 23.1. The number of nitrogens with zero attached hydrogens (tertiary/aromatic N) is 1. The van der Waals surface area contributed by atoms with Crippen LogP contribution >= 0.6 is 7.82 Å². The third kappa shape index (κ3) is 40.2. The van der Waals surface area contributed by atoms with E-state index in [1.54, 1.807) is 0 Å². The van der Waals surface area contributed by atoms with Gasteiger partial charge in [-0.25, -0.2) is 4.57 Å². The number of carbonyl (C=O) groups is 1. The summed E-state index contributed by atoms with van der Waals surface area (Å²) in [5.41, 5.74) is 0. The fraction of sp³-hybridized carbons (Fsp3) is 0.884. The van der Waals surface area contributed by atoms with E-state index in [4.69, 9.17) is 18.5 Å². The topological polar surface area (TPSA) is 91.3 Å². The molecule has 0 saturated carbocycles. The number of ether oxygens (including phenoxy) is 2. The maximum atomic E-state index is 12.5. The quantitative estimate of drug-likeness (QED) is 0.0219. The van der Waals surface area contributed by atoms with E-state index < -0.39 is 13.9 Å². The van der Waals surface area contributed by atoms with Crippen molar-refractivity contribution in [2.45, 2.75) is 193 Å². The lowest BCUT2D eigenvalue weighted by molar-refractivity contribution is -0.870. The summed E-state index contributed by atoms with van der Waals surface area (Å²) < 4.78 is 34.8. The predicted octanol–water partition coefficient (Wildman–Crippen LogP) is 12.4. The molecule has 0 radical (unpaired) electrons. The minimum Gasteiger partial charge on any atom is -0.457 e. The smallest absolute Gasteiger partial charge is 0.457 e. The van der Waals surface area contributed by atoms with Crippen LogP contribution in [0.15, 0.2) is 24.3 Å². The summed E-state index contributed by atoms with van der Waals surface area (Å²) in [7, 11) is 1.67. The van der Waals surface area contributed by atoms with Gasteiger partial charge in [0.2, 0.25) is 0 Å². The van der Waals surface area contributed by atoms with E-state index >= 15 is 0 Å². The highest BCUT2D eigenvalue weighted by atomic mass is 31.2. The van der Waals surface area contributed by atoms with E-state index in [-0.39, 0.29) is 25.8 Å². The number of carbonyl (C=O) groups excluding carboxylic acids is 1. The number of esters is 1. The van der Waals surface area contributed by atoms with Crippen molar-refractivity contribution in [3.63, 3.8) is 0 Å². The molecular weight excluding hydrogens is 673 g/mol. The lowest BCUT2D eigenvalue weighted by Crippen LogP contribution is -2.37. The van der Waals surface area contributed by atoms with Crippen LogP contribution in [0.2, 0.25) is 0 Å². The van der Waals surface area contributed by atoms with Crippen molar-refractivity contribution in [3.05, 3.63) is 24.3 Å². The Bertz CT molecular complexity index is 889. The number of unbranched alkanes of at least 4 members (excludes halogenated alkanes) is 22. The van der Waals surface area contributed by atoms with Crippen LogP contribution in [0, 0.1) is 0 Å². The second-order valence-corrected chi connectivity index (χ2v) is 17.2. The Labute approximate surface area is 322 Å². The van der Waals surface area contributed by atoms with Gasteiger partial charge in [-0.2, -0.15) is 0 Å². The molecule has 52 heavy (non-hydrogen) atoms. The normalized spacial score (nSPS) is 14.0. The highest BCUT2D eigenvalue weighted by Gasteiger charge is 2.26. The van der Waals surface area contributed by atoms with Crippen molar-refractivity contribution in [1.29, 1.82) is 0 Å². The number of rotatable bonds is 40. The molecule has 0 bridgehead atoms. The molecule has 8 nitrogen and oxygen atoms in total. The van der Waals surface area contributed by atoms with Gasteiger partial charge in [0, 0.05) is 13.0 Å². The third-order valence-electron chi connectivity index (χ3n) is 9.27. The molecule has 0 aliphatic heterocycles. The Morgan fingerprint density at radius 3 is 1.56 bits per heavy atom. The summed E-state index contributed by atoms with van der Waals surface area (Å²) in [5, 5.41) is 0. The van der Waals surface area contributed by atoms with Gasteiger partial charge < -0.3 is 18.9 Å². The lowest BCUT2D eigenvalue weighted by Gasteiger charge is -2.24. The van der Waals surface area contributed by atoms with Crippen molar-refractivity contribution >= 4 is 13.8 Å². The fourth-order valence-electron chi connectivity index (χ4n) is 5.88. The van der Waals surface area contributed by atoms with E-state index in [2.05, 4.69) is 38.2 Å². The second kappa shape index (κ2) is 36.9. The third-order valence-corrected chi connectivity index (χ3v) is 10.2. The molecule has 0 heterocycles. The molecule has 0 saturated heterocycles. The van der Waals surface area contributed by atoms with Gasteiger partial charge in [-0.1, -0.05) is 160 Å². The summed E-state index contributed by atoms with van der Waals surface area (Å²) >= 11 is 0. The molecule has 0 aliphatic rings. The van der Waals surface area contributed by atoms with Crippen molar-refractivity contribution in [1.82, 2.24) is 0 Å². The standard InChI is InChI=1S/C43H84NO7P/c1-6-8-10-12-14-15-16-17-18-19-20-21-22-23-24-25-26-27-28-29-30-31-33-35-38-48-40-42(51-43(45)36-34-32-13-11-9-7-2)41-50-52(46,47)49-39-37-44(3,4)5/h16-17,19-20,42H,6-15,18,21-41H2,1-5H3/p+1/b17-16-,20-19-. The molecule has 2 unspecified atom stereocenters. The molecule has 0 aromatic heterocycles. The first-order chi connectivity index (χ1) is 25.1. The Balaban J connectivity index is 3.96. The Hall–Kier alpha value is -1.02. The Kier molecular flexibility index (Phi) is 36.2. The number of allylic oxidation sites excluding steroid dienone is 4. The van der Waals surface area contributed by atoms with Crippen LogP contribution in [0.3, 0.4) is 0 Å². The number of phosphoric acid groups is 1. The number of hydrogen-bond acceptors (Lipinski definition) is 6. The minimum atomic E-state index is -4.26. The van der Waals surface area contributed by atoms with Gasteiger partial charge >= 0.3 is 13.8 Å². The molecular formula is C43H85NO7P+. The molecule has 0 amide bonds. The zero-order valence-electron chi connectivity index (χ0n) is 34.8. The molecule has 0 aromatic carbocycles. The van der Waals surface area contributed by atoms with Gasteiger partial charge in [-0.05, 0) is 44.9 Å². The number of quaternary nitrogens is 1. The van der Waals surface area contributed by atoms with Crippen molar-refractivity contribution < 1.29 is 37.3 Å². The number of likely N-dealkylation sites (N-methyl/N-ethyl adjacent to an activating group) is 1. The highest BCUT2D eigenvalue weighted by Crippen LogP contribution is 2.43. The van der Waals surface area contributed by atoms with Crippen LogP contribution in [0.5, 0.6) is 0 Å². The van der Waals surface area contributed by atoms with Crippen molar-refractivity contribution in [2.75, 3.05) is 54.1 Å². The fourth-order valence-corrected chi connectivity index (χ4v) is 6.62. The largest absolute Gasteiger partial charge is 0.472 e. The summed E-state index contributed by atoms with van der Waals surface area (Å²) in [4.78, 5) is 22.6. The Morgan fingerprint density at radius 1 is 0.596 bits per heavy atom. The van der Waals surface area contributed by atoms with Crippen LogP contribution in [-0.4, -0.2) is 75.6 Å². The highest BCUT2D eigenvalue weighted by molar-refractivity contribution is 7.47. The molecule has 0 aliphatic carbocycles. The maximum absolute atomic E-state index is 12.5. The van der Waals surface area contributed by atoms with Crippen LogP contribution in [0.4, 0.5) is 0 Å². The Morgan fingerprint density at radius 2 is 1.06 bits per heavy atom. The number of phosphoric ester groups is 1. The average Bonchev–Trinajstić information content (AvgIpc) is 3.09. The van der Waals surface area contributed by atoms with Gasteiger partial charge in [-0.15, -0.1) is 0 Å². The van der Waals surface area contributed by atoms with Gasteiger partial charge in [0.1, 0.15) is 19.3 Å². The lowest BCUT2D eigenvalue weighted by atomic mass is 10.0. The van der Waals surface area contributed by atoms with E-state index in [0.717, 1.165) is 38.5 Å². The average molecular weight is 759 g/mol. The van der Waals surface area contributed by atoms with E-state index in [0.29, 0.717) is 24.1 Å². The van der Waals surface area contributed by atoms with Crippen LogP contribution < -0.4 is 0 Å². The van der Waals surface area contributed by atoms with Gasteiger partial charge in [0.05, 0.1) is 34.4 Å². The van der Waals surface area contributed by atoms with Crippen molar-refractivity contribution in [3.8, 4) is 0 Å². The molecule has 0 spiro atoms. The van der Waals surface area contributed by atoms with E-state index in [1.165, 1.54) is 128 Å². The number of hydrogen-bond donors (Lipinski definition) is 1. The monoisotopic (exact) mass is 759 g/mol. The van der Waals surface area contributed by atoms with Crippen LogP contribution in [0.1, 0.15) is 187 Å². The first kappa shape index (κ1) is 51.0. The molecule has 0 aromatic rings. The minimum absolute atomic E-state index is 0.0898.